The third kappa shape index (κ3) is 2.50. The molecule has 1 aliphatic rings. The van der Waals surface area contributed by atoms with E-state index in [4.69, 9.17) is 16.6 Å². The van der Waals surface area contributed by atoms with E-state index in [2.05, 4.69) is 41.5 Å². The number of benzene rings is 1. The molecule has 0 radical (unpaired) electrons. The van der Waals surface area contributed by atoms with Gasteiger partial charge in [-0.1, -0.05) is 12.1 Å². The topological polar surface area (TPSA) is 17.8 Å². The van der Waals surface area contributed by atoms with Crippen molar-refractivity contribution in [3.63, 3.8) is 0 Å². The van der Waals surface area contributed by atoms with Gasteiger partial charge in [0.05, 0.1) is 16.4 Å². The number of rotatable bonds is 3. The van der Waals surface area contributed by atoms with Crippen LogP contribution in [0.5, 0.6) is 0 Å². The molecule has 1 aromatic carbocycles. The third-order valence-electron chi connectivity index (χ3n) is 3.83. The van der Waals surface area contributed by atoms with Gasteiger partial charge in [-0.25, -0.2) is 4.98 Å². The highest BCUT2D eigenvalue weighted by Gasteiger charge is 2.21. The third-order valence-corrected chi connectivity index (χ3v) is 5.26. The molecule has 1 saturated heterocycles. The molecule has 2 unspecified atom stereocenters. The highest BCUT2D eigenvalue weighted by molar-refractivity contribution is 7.99. The number of fused-ring (bicyclic) bond motifs is 1. The predicted molar refractivity (Wildman–Crippen MR) is 84.2 cm³/mol. The van der Waals surface area contributed by atoms with Crippen LogP contribution in [0.15, 0.2) is 18.2 Å². The average Bonchev–Trinajstić information content (AvgIpc) is 2.99. The zero-order valence-corrected chi connectivity index (χ0v) is 13.0. The number of hydrogen-bond donors (Lipinski definition) is 0. The minimum Gasteiger partial charge on any atom is -0.326 e. The lowest BCUT2D eigenvalue weighted by Crippen LogP contribution is -2.13. The molecular formula is C15H19ClN2S. The lowest BCUT2D eigenvalue weighted by Gasteiger charge is -2.14. The second-order valence-corrected chi connectivity index (χ2v) is 7.17. The Morgan fingerprint density at radius 3 is 3.05 bits per heavy atom. The van der Waals surface area contributed by atoms with E-state index in [0.29, 0.717) is 0 Å². The Kier molecular flexibility index (Phi) is 3.77. The summed E-state index contributed by atoms with van der Waals surface area (Å²) in [6.45, 7) is 5.19. The number of alkyl halides is 1. The van der Waals surface area contributed by atoms with Gasteiger partial charge in [0.15, 0.2) is 0 Å². The molecule has 2 atom stereocenters. The first-order valence-corrected chi connectivity index (χ1v) is 8.43. The van der Waals surface area contributed by atoms with Gasteiger partial charge in [-0.05, 0) is 49.3 Å². The van der Waals surface area contributed by atoms with Crippen LogP contribution in [0.1, 0.15) is 30.1 Å². The Hall–Kier alpha value is -0.670. The van der Waals surface area contributed by atoms with Crippen LogP contribution in [0.2, 0.25) is 0 Å². The Labute approximate surface area is 123 Å². The summed E-state index contributed by atoms with van der Waals surface area (Å²) in [5.41, 5.74) is 3.57. The van der Waals surface area contributed by atoms with Gasteiger partial charge < -0.3 is 4.57 Å². The van der Waals surface area contributed by atoms with Crippen molar-refractivity contribution in [1.82, 2.24) is 9.55 Å². The molecule has 0 amide bonds. The normalized spacial score (nSPS) is 21.1. The Morgan fingerprint density at radius 1 is 1.53 bits per heavy atom. The first-order valence-electron chi connectivity index (χ1n) is 6.84. The van der Waals surface area contributed by atoms with Gasteiger partial charge >= 0.3 is 0 Å². The van der Waals surface area contributed by atoms with Crippen LogP contribution in [0.3, 0.4) is 0 Å². The first kappa shape index (κ1) is 13.3. The molecule has 0 bridgehead atoms. The molecule has 0 N–H and O–H groups in total. The Balaban J connectivity index is 2.08. The van der Waals surface area contributed by atoms with E-state index < -0.39 is 0 Å². The highest BCUT2D eigenvalue weighted by atomic mass is 35.5. The number of aryl methyl sites for hydroxylation is 1. The summed E-state index contributed by atoms with van der Waals surface area (Å²) in [5.74, 6) is 4.34. The van der Waals surface area contributed by atoms with Gasteiger partial charge in [0.25, 0.3) is 0 Å². The van der Waals surface area contributed by atoms with Crippen molar-refractivity contribution in [2.24, 2.45) is 5.92 Å². The lowest BCUT2D eigenvalue weighted by atomic mass is 10.1. The minimum absolute atomic E-state index is 0.0409. The van der Waals surface area contributed by atoms with E-state index in [9.17, 15) is 0 Å². The van der Waals surface area contributed by atoms with E-state index in [1.54, 1.807) is 0 Å². The maximum atomic E-state index is 6.33. The van der Waals surface area contributed by atoms with Gasteiger partial charge in [0.2, 0.25) is 0 Å². The second kappa shape index (κ2) is 5.37. The van der Waals surface area contributed by atoms with Crippen LogP contribution >= 0.6 is 23.4 Å². The van der Waals surface area contributed by atoms with Crippen LogP contribution in [-0.4, -0.2) is 21.1 Å². The molecule has 4 heteroatoms. The second-order valence-electron chi connectivity index (χ2n) is 5.37. The van der Waals surface area contributed by atoms with Crippen LogP contribution in [0, 0.1) is 12.8 Å². The van der Waals surface area contributed by atoms with Gasteiger partial charge in [-0.15, -0.1) is 11.6 Å². The zero-order chi connectivity index (χ0) is 13.4. The van der Waals surface area contributed by atoms with Crippen LogP contribution in [0.25, 0.3) is 11.0 Å². The van der Waals surface area contributed by atoms with Crippen molar-refractivity contribution in [1.29, 1.82) is 0 Å². The molecule has 0 saturated carbocycles. The van der Waals surface area contributed by atoms with E-state index in [1.165, 1.54) is 29.0 Å². The summed E-state index contributed by atoms with van der Waals surface area (Å²) in [6, 6.07) is 6.40. The largest absolute Gasteiger partial charge is 0.326 e. The molecule has 1 aliphatic heterocycles. The van der Waals surface area contributed by atoms with Crippen LogP contribution < -0.4 is 0 Å². The number of aromatic nitrogens is 2. The van der Waals surface area contributed by atoms with Crippen molar-refractivity contribution < 1.29 is 0 Å². The Morgan fingerprint density at radius 2 is 2.37 bits per heavy atom. The summed E-state index contributed by atoms with van der Waals surface area (Å²) >= 11 is 8.39. The molecule has 2 aromatic rings. The fraction of sp³-hybridized carbons (Fsp3) is 0.533. The van der Waals surface area contributed by atoms with E-state index in [0.717, 1.165) is 23.8 Å². The zero-order valence-electron chi connectivity index (χ0n) is 11.4. The summed E-state index contributed by atoms with van der Waals surface area (Å²) in [7, 11) is 0. The first-order chi connectivity index (χ1) is 9.16. The van der Waals surface area contributed by atoms with Crippen molar-refractivity contribution in [3.05, 3.63) is 29.6 Å². The van der Waals surface area contributed by atoms with E-state index in [-0.39, 0.29) is 5.38 Å². The van der Waals surface area contributed by atoms with Crippen molar-refractivity contribution >= 4 is 34.4 Å². The minimum atomic E-state index is -0.0409. The molecule has 102 valence electrons. The molecule has 0 spiro atoms. The molecule has 0 aliphatic carbocycles. The predicted octanol–water partition coefficient (Wildman–Crippen LogP) is 4.40. The summed E-state index contributed by atoms with van der Waals surface area (Å²) < 4.78 is 2.34. The fourth-order valence-electron chi connectivity index (χ4n) is 2.79. The molecule has 1 aromatic heterocycles. The highest BCUT2D eigenvalue weighted by Crippen LogP contribution is 2.30. The monoisotopic (exact) mass is 294 g/mol. The van der Waals surface area contributed by atoms with Gasteiger partial charge in [-0.2, -0.15) is 11.8 Å². The number of imidazole rings is 1. The smallest absolute Gasteiger partial charge is 0.127 e. The molecule has 2 heterocycles. The van der Waals surface area contributed by atoms with Gasteiger partial charge in [0.1, 0.15) is 5.82 Å². The maximum Gasteiger partial charge on any atom is 0.127 e. The summed E-state index contributed by atoms with van der Waals surface area (Å²) in [4.78, 5) is 4.78. The summed E-state index contributed by atoms with van der Waals surface area (Å²) in [5, 5.41) is -0.0409. The standard InChI is InChI=1S/C15H19ClN2S/c1-10-4-3-5-13-14(10)17-15(11(2)16)18(13)8-12-6-7-19-9-12/h3-5,11-12H,6-9H2,1-2H3. The maximum absolute atomic E-state index is 6.33. The molecular weight excluding hydrogens is 276 g/mol. The van der Waals surface area contributed by atoms with Gasteiger partial charge in [0, 0.05) is 6.54 Å². The van der Waals surface area contributed by atoms with Crippen LogP contribution in [0.4, 0.5) is 0 Å². The number of thioether (sulfide) groups is 1. The van der Waals surface area contributed by atoms with E-state index in [1.807, 2.05) is 6.92 Å². The van der Waals surface area contributed by atoms with Crippen molar-refractivity contribution in [2.75, 3.05) is 11.5 Å². The Bertz CT molecular complexity index is 585. The van der Waals surface area contributed by atoms with Crippen molar-refractivity contribution in [2.45, 2.75) is 32.2 Å². The number of hydrogen-bond acceptors (Lipinski definition) is 2. The number of nitrogens with zero attached hydrogens (tertiary/aromatic N) is 2. The molecule has 19 heavy (non-hydrogen) atoms. The lowest BCUT2D eigenvalue weighted by molar-refractivity contribution is 0.488. The average molecular weight is 295 g/mol. The van der Waals surface area contributed by atoms with E-state index >= 15 is 0 Å². The number of para-hydroxylation sites is 1. The summed E-state index contributed by atoms with van der Waals surface area (Å²) in [6.07, 6.45) is 1.31. The van der Waals surface area contributed by atoms with Crippen molar-refractivity contribution in [3.8, 4) is 0 Å². The molecule has 2 nitrogen and oxygen atoms in total. The molecule has 1 fully saturated rings. The molecule has 3 rings (SSSR count). The SMILES string of the molecule is Cc1cccc2c1nc(C(C)Cl)n2CC1CCSC1. The fourth-order valence-corrected chi connectivity index (χ4v) is 4.22. The number of halogens is 1. The quantitative estimate of drug-likeness (QED) is 0.781. The van der Waals surface area contributed by atoms with Gasteiger partial charge in [-0.3, -0.25) is 0 Å². The van der Waals surface area contributed by atoms with Crippen LogP contribution in [-0.2, 0) is 6.54 Å².